The third kappa shape index (κ3) is 2.77. The Kier molecular flexibility index (Phi) is 3.94. The number of halogens is 1. The fourth-order valence-electron chi connectivity index (χ4n) is 5.47. The Labute approximate surface area is 149 Å². The first-order valence-electron chi connectivity index (χ1n) is 9.38. The van der Waals surface area contributed by atoms with Crippen molar-refractivity contribution in [2.24, 2.45) is 23.7 Å². The summed E-state index contributed by atoms with van der Waals surface area (Å²) >= 11 is 6.43. The van der Waals surface area contributed by atoms with Crippen molar-refractivity contribution in [2.45, 2.75) is 70.9 Å². The summed E-state index contributed by atoms with van der Waals surface area (Å²) in [6.07, 6.45) is 9.51. The molecule has 3 aliphatic rings. The molecule has 1 aromatic rings. The summed E-state index contributed by atoms with van der Waals surface area (Å²) in [6.45, 7) is 6.11. The van der Waals surface area contributed by atoms with E-state index >= 15 is 0 Å². The van der Waals surface area contributed by atoms with E-state index in [-0.39, 0.29) is 11.4 Å². The molecular formula is C19H28ClN3O. The lowest BCUT2D eigenvalue weighted by Gasteiger charge is -2.27. The predicted molar refractivity (Wildman–Crippen MR) is 95.1 cm³/mol. The zero-order chi connectivity index (χ0) is 17.1. The van der Waals surface area contributed by atoms with Crippen LogP contribution in [0.5, 0.6) is 0 Å². The molecule has 1 aromatic heterocycles. The van der Waals surface area contributed by atoms with Crippen LogP contribution < -0.4 is 5.32 Å². The van der Waals surface area contributed by atoms with Gasteiger partial charge in [0.15, 0.2) is 0 Å². The molecule has 5 heteroatoms. The summed E-state index contributed by atoms with van der Waals surface area (Å²) in [6, 6.07) is 0.312. The summed E-state index contributed by atoms with van der Waals surface area (Å²) in [7, 11) is 0. The molecule has 0 aliphatic heterocycles. The number of carbonyl (C=O) groups is 1. The Morgan fingerprint density at radius 1 is 1.21 bits per heavy atom. The molecule has 0 aromatic carbocycles. The fraction of sp³-hybridized carbons (Fsp3) is 0.789. The van der Waals surface area contributed by atoms with Crippen molar-refractivity contribution >= 4 is 17.5 Å². The van der Waals surface area contributed by atoms with Gasteiger partial charge in [-0.3, -0.25) is 4.79 Å². The van der Waals surface area contributed by atoms with Crippen LogP contribution in [-0.4, -0.2) is 21.7 Å². The molecule has 0 saturated heterocycles. The molecule has 1 heterocycles. The third-order valence-electron chi connectivity index (χ3n) is 6.46. The van der Waals surface area contributed by atoms with E-state index in [9.17, 15) is 4.79 Å². The van der Waals surface area contributed by atoms with Crippen molar-refractivity contribution in [1.29, 1.82) is 0 Å². The van der Waals surface area contributed by atoms with Gasteiger partial charge in [-0.25, -0.2) is 4.68 Å². The highest BCUT2D eigenvalue weighted by Gasteiger charge is 2.46. The highest BCUT2D eigenvalue weighted by Crippen LogP contribution is 2.53. The van der Waals surface area contributed by atoms with Crippen LogP contribution in [0.3, 0.4) is 0 Å². The minimum Gasteiger partial charge on any atom is -0.349 e. The molecule has 3 saturated carbocycles. The zero-order valence-corrected chi connectivity index (χ0v) is 15.6. The first-order chi connectivity index (χ1) is 11.3. The number of hydrogen-bond donors (Lipinski definition) is 1. The monoisotopic (exact) mass is 349 g/mol. The Morgan fingerprint density at radius 3 is 2.67 bits per heavy atom. The largest absolute Gasteiger partial charge is 0.349 e. The van der Waals surface area contributed by atoms with Gasteiger partial charge in [-0.15, -0.1) is 0 Å². The second-order valence-electron chi connectivity index (χ2n) is 9.19. The molecule has 5 atom stereocenters. The van der Waals surface area contributed by atoms with E-state index in [4.69, 9.17) is 11.6 Å². The first-order valence-corrected chi connectivity index (χ1v) is 9.75. The number of fused-ring (bicyclic) bond motifs is 2. The van der Waals surface area contributed by atoms with Crippen LogP contribution in [0.25, 0.3) is 0 Å². The van der Waals surface area contributed by atoms with Crippen LogP contribution in [0, 0.1) is 23.7 Å². The lowest BCUT2D eigenvalue weighted by molar-refractivity contribution is 0.0912. The summed E-state index contributed by atoms with van der Waals surface area (Å²) < 4.78 is 1.73. The number of nitrogens with one attached hydrogen (secondary N) is 1. The molecule has 1 amide bonds. The molecule has 0 radical (unpaired) electrons. The van der Waals surface area contributed by atoms with Crippen molar-refractivity contribution in [3.63, 3.8) is 0 Å². The van der Waals surface area contributed by atoms with E-state index in [1.54, 1.807) is 10.9 Å². The molecular weight excluding hydrogens is 322 g/mol. The lowest BCUT2D eigenvalue weighted by atomic mass is 9.80. The summed E-state index contributed by atoms with van der Waals surface area (Å²) in [4.78, 5) is 12.8. The Morgan fingerprint density at radius 2 is 1.96 bits per heavy atom. The van der Waals surface area contributed by atoms with E-state index in [1.165, 1.54) is 32.1 Å². The van der Waals surface area contributed by atoms with Gasteiger partial charge in [0.1, 0.15) is 5.15 Å². The molecule has 24 heavy (non-hydrogen) atoms. The molecule has 1 N–H and O–H groups in total. The molecule has 4 unspecified atom stereocenters. The number of nitrogens with zero attached hydrogens (tertiary/aromatic N) is 2. The SMILES string of the molecule is CC(C)(C)n1ncc(C(=O)N[C@H]2CCC3CC4CC(C3)C2C4)c1Cl. The minimum atomic E-state index is -0.226. The molecule has 3 aliphatic carbocycles. The summed E-state index contributed by atoms with van der Waals surface area (Å²) in [5.74, 6) is 3.25. The number of hydrogen-bond acceptors (Lipinski definition) is 2. The number of aromatic nitrogens is 2. The van der Waals surface area contributed by atoms with Crippen LogP contribution >= 0.6 is 11.6 Å². The van der Waals surface area contributed by atoms with Crippen molar-refractivity contribution in [3.8, 4) is 0 Å². The van der Waals surface area contributed by atoms with Gasteiger partial charge in [-0.2, -0.15) is 5.10 Å². The highest BCUT2D eigenvalue weighted by molar-refractivity contribution is 6.32. The zero-order valence-electron chi connectivity index (χ0n) is 14.9. The van der Waals surface area contributed by atoms with Gasteiger partial charge in [0, 0.05) is 6.04 Å². The van der Waals surface area contributed by atoms with E-state index in [0.29, 0.717) is 22.7 Å². The second kappa shape index (κ2) is 5.76. The smallest absolute Gasteiger partial charge is 0.256 e. The molecule has 0 spiro atoms. The molecule has 3 bridgehead atoms. The Bertz CT molecular complexity index is 648. The average Bonchev–Trinajstić information content (AvgIpc) is 2.99. The Hall–Kier alpha value is -1.03. The van der Waals surface area contributed by atoms with Crippen molar-refractivity contribution in [1.82, 2.24) is 15.1 Å². The molecule has 4 nitrogen and oxygen atoms in total. The summed E-state index contributed by atoms with van der Waals surface area (Å²) in [5, 5.41) is 8.09. The van der Waals surface area contributed by atoms with Crippen LogP contribution in [-0.2, 0) is 5.54 Å². The van der Waals surface area contributed by atoms with Crippen LogP contribution in [0.1, 0.15) is 69.7 Å². The van der Waals surface area contributed by atoms with Crippen molar-refractivity contribution < 1.29 is 4.79 Å². The number of rotatable bonds is 2. The second-order valence-corrected chi connectivity index (χ2v) is 9.55. The standard InChI is InChI=1S/C19H28ClN3O/c1-19(2,3)23-17(20)15(10-21-23)18(24)22-16-5-4-11-6-12-8-13(7-11)14(16)9-12/h10-14,16H,4-9H2,1-3H3,(H,22,24)/t11?,12?,13?,14?,16-/m0/s1. The average molecular weight is 350 g/mol. The lowest BCUT2D eigenvalue weighted by Crippen LogP contribution is -2.41. The van der Waals surface area contributed by atoms with Crippen LogP contribution in [0.4, 0.5) is 0 Å². The normalized spacial score (nSPS) is 35.1. The first kappa shape index (κ1) is 16.4. The number of amides is 1. The van der Waals surface area contributed by atoms with Gasteiger partial charge in [0.25, 0.3) is 5.91 Å². The molecule has 132 valence electrons. The van der Waals surface area contributed by atoms with Crippen LogP contribution in [0.2, 0.25) is 5.15 Å². The maximum Gasteiger partial charge on any atom is 0.256 e. The number of carbonyl (C=O) groups excluding carboxylic acids is 1. The van der Waals surface area contributed by atoms with Gasteiger partial charge < -0.3 is 5.32 Å². The maximum absolute atomic E-state index is 12.8. The maximum atomic E-state index is 12.8. The quantitative estimate of drug-likeness (QED) is 0.868. The van der Waals surface area contributed by atoms with Crippen molar-refractivity contribution in [3.05, 3.63) is 16.9 Å². The predicted octanol–water partition coefficient (Wildman–Crippen LogP) is 4.24. The topological polar surface area (TPSA) is 46.9 Å². The fourth-order valence-corrected chi connectivity index (χ4v) is 5.90. The summed E-state index contributed by atoms with van der Waals surface area (Å²) in [5.41, 5.74) is 0.283. The van der Waals surface area contributed by atoms with E-state index < -0.39 is 0 Å². The van der Waals surface area contributed by atoms with Gasteiger partial charge in [0.05, 0.1) is 17.3 Å². The van der Waals surface area contributed by atoms with Gasteiger partial charge in [0.2, 0.25) is 0 Å². The van der Waals surface area contributed by atoms with Gasteiger partial charge >= 0.3 is 0 Å². The van der Waals surface area contributed by atoms with E-state index in [2.05, 4.69) is 10.4 Å². The van der Waals surface area contributed by atoms with Gasteiger partial charge in [-0.1, -0.05) is 11.6 Å². The highest BCUT2D eigenvalue weighted by atomic mass is 35.5. The molecule has 3 fully saturated rings. The molecule has 4 rings (SSSR count). The van der Waals surface area contributed by atoms with E-state index in [1.807, 2.05) is 20.8 Å². The third-order valence-corrected chi connectivity index (χ3v) is 6.82. The van der Waals surface area contributed by atoms with Crippen molar-refractivity contribution in [2.75, 3.05) is 0 Å². The van der Waals surface area contributed by atoms with E-state index in [0.717, 1.165) is 24.2 Å². The van der Waals surface area contributed by atoms with Gasteiger partial charge in [-0.05, 0) is 83.0 Å². The van der Waals surface area contributed by atoms with Crippen LogP contribution in [0.15, 0.2) is 6.20 Å². The minimum absolute atomic E-state index is 0.0540. The Balaban J connectivity index is 1.51.